The predicted octanol–water partition coefficient (Wildman–Crippen LogP) is 4.14. The average Bonchev–Trinajstić information content (AvgIpc) is 2.73. The SMILES string of the molecule is CCC1=C(C#N)C(=O)N(Cc2ccccc2)C(=O)C1=CNc1cc(Cl)ccc1O. The van der Waals surface area contributed by atoms with Crippen LogP contribution in [-0.4, -0.2) is 21.8 Å². The van der Waals surface area contributed by atoms with Crippen molar-refractivity contribution >= 4 is 29.1 Å². The summed E-state index contributed by atoms with van der Waals surface area (Å²) in [6, 6.07) is 15.5. The summed E-state index contributed by atoms with van der Waals surface area (Å²) in [5.74, 6) is -1.17. The third-order valence-electron chi connectivity index (χ3n) is 4.54. The summed E-state index contributed by atoms with van der Waals surface area (Å²) in [5.41, 5.74) is 1.57. The van der Waals surface area contributed by atoms with E-state index in [1.54, 1.807) is 19.1 Å². The van der Waals surface area contributed by atoms with Crippen LogP contribution in [-0.2, 0) is 16.1 Å². The van der Waals surface area contributed by atoms with Crippen molar-refractivity contribution in [3.63, 3.8) is 0 Å². The summed E-state index contributed by atoms with van der Waals surface area (Å²) >= 11 is 5.96. The highest BCUT2D eigenvalue weighted by molar-refractivity contribution is 6.31. The number of carbonyl (C=O) groups excluding carboxylic acids is 2. The van der Waals surface area contributed by atoms with Crippen molar-refractivity contribution < 1.29 is 14.7 Å². The minimum atomic E-state index is -0.610. The maximum atomic E-state index is 13.1. The van der Waals surface area contributed by atoms with E-state index in [0.29, 0.717) is 22.7 Å². The molecule has 1 aliphatic rings. The highest BCUT2D eigenvalue weighted by Crippen LogP contribution is 2.31. The minimum absolute atomic E-state index is 0.0470. The first-order valence-electron chi connectivity index (χ1n) is 8.95. The van der Waals surface area contributed by atoms with Crippen LogP contribution in [0.5, 0.6) is 5.75 Å². The van der Waals surface area contributed by atoms with E-state index < -0.39 is 11.8 Å². The molecule has 2 aromatic rings. The van der Waals surface area contributed by atoms with Crippen LogP contribution in [0.15, 0.2) is 71.5 Å². The van der Waals surface area contributed by atoms with Gasteiger partial charge in [-0.25, -0.2) is 0 Å². The van der Waals surface area contributed by atoms with Crippen molar-refractivity contribution in [2.24, 2.45) is 0 Å². The molecule has 6 nitrogen and oxygen atoms in total. The van der Waals surface area contributed by atoms with Crippen molar-refractivity contribution in [1.82, 2.24) is 4.90 Å². The maximum absolute atomic E-state index is 13.1. The van der Waals surface area contributed by atoms with Crippen LogP contribution in [0, 0.1) is 11.3 Å². The number of hydrogen-bond acceptors (Lipinski definition) is 5. The fourth-order valence-electron chi connectivity index (χ4n) is 3.08. The van der Waals surface area contributed by atoms with Gasteiger partial charge in [-0.15, -0.1) is 0 Å². The molecule has 0 saturated heterocycles. The zero-order valence-electron chi connectivity index (χ0n) is 15.6. The fraction of sp³-hybridized carbons (Fsp3) is 0.136. The van der Waals surface area contributed by atoms with Crippen LogP contribution in [0.3, 0.4) is 0 Å². The van der Waals surface area contributed by atoms with Crippen molar-refractivity contribution in [2.75, 3.05) is 5.32 Å². The Hall–Kier alpha value is -3.56. The van der Waals surface area contributed by atoms with E-state index in [1.807, 2.05) is 24.3 Å². The highest BCUT2D eigenvalue weighted by Gasteiger charge is 2.36. The number of imide groups is 1. The lowest BCUT2D eigenvalue weighted by atomic mass is 9.92. The van der Waals surface area contributed by atoms with Gasteiger partial charge in [0, 0.05) is 11.2 Å². The van der Waals surface area contributed by atoms with Crippen molar-refractivity contribution in [1.29, 1.82) is 5.26 Å². The van der Waals surface area contributed by atoms with Gasteiger partial charge in [-0.05, 0) is 35.8 Å². The van der Waals surface area contributed by atoms with Gasteiger partial charge in [0.15, 0.2) is 0 Å². The fourth-order valence-corrected chi connectivity index (χ4v) is 3.25. The molecule has 146 valence electrons. The van der Waals surface area contributed by atoms with Gasteiger partial charge in [0.05, 0.1) is 17.8 Å². The number of amides is 2. The lowest BCUT2D eigenvalue weighted by Crippen LogP contribution is -2.42. The van der Waals surface area contributed by atoms with Crippen LogP contribution in [0.1, 0.15) is 18.9 Å². The molecule has 3 rings (SSSR count). The van der Waals surface area contributed by atoms with Crippen LogP contribution >= 0.6 is 11.6 Å². The Balaban J connectivity index is 2.02. The number of anilines is 1. The van der Waals surface area contributed by atoms with Gasteiger partial charge in [0.1, 0.15) is 17.4 Å². The van der Waals surface area contributed by atoms with Gasteiger partial charge in [-0.2, -0.15) is 5.26 Å². The number of benzene rings is 2. The molecule has 0 bridgehead atoms. The second kappa shape index (κ2) is 8.63. The molecule has 0 fully saturated rings. The molecule has 0 aromatic heterocycles. The first kappa shape index (κ1) is 20.2. The van der Waals surface area contributed by atoms with E-state index in [4.69, 9.17) is 11.6 Å². The largest absolute Gasteiger partial charge is 0.506 e. The van der Waals surface area contributed by atoms with E-state index in [0.717, 1.165) is 10.5 Å². The Kier molecular flexibility index (Phi) is 6.01. The summed E-state index contributed by atoms with van der Waals surface area (Å²) in [5, 5.41) is 22.8. The normalized spacial score (nSPS) is 15.6. The number of phenols is 1. The number of aromatic hydroxyl groups is 1. The molecule has 2 amide bonds. The molecule has 1 aliphatic heterocycles. The molecule has 0 aliphatic carbocycles. The van der Waals surface area contributed by atoms with E-state index >= 15 is 0 Å². The zero-order valence-corrected chi connectivity index (χ0v) is 16.4. The number of rotatable bonds is 5. The molecule has 0 unspecified atom stereocenters. The maximum Gasteiger partial charge on any atom is 0.272 e. The van der Waals surface area contributed by atoms with Gasteiger partial charge in [0.2, 0.25) is 0 Å². The molecule has 29 heavy (non-hydrogen) atoms. The topological polar surface area (TPSA) is 93.4 Å². The minimum Gasteiger partial charge on any atom is -0.506 e. The van der Waals surface area contributed by atoms with Crippen LogP contribution in [0.2, 0.25) is 5.02 Å². The number of carbonyl (C=O) groups is 2. The lowest BCUT2D eigenvalue weighted by molar-refractivity contribution is -0.141. The third-order valence-corrected chi connectivity index (χ3v) is 4.78. The molecule has 0 radical (unpaired) electrons. The van der Waals surface area contributed by atoms with E-state index in [2.05, 4.69) is 5.32 Å². The summed E-state index contributed by atoms with van der Waals surface area (Å²) in [6.07, 6.45) is 1.73. The molecule has 0 spiro atoms. The van der Waals surface area contributed by atoms with Gasteiger partial charge < -0.3 is 10.4 Å². The number of hydrogen-bond donors (Lipinski definition) is 2. The smallest absolute Gasteiger partial charge is 0.272 e. The molecular formula is C22H18ClN3O3. The molecular weight excluding hydrogens is 390 g/mol. The third kappa shape index (κ3) is 4.15. The molecule has 7 heteroatoms. The Morgan fingerprint density at radius 1 is 1.17 bits per heavy atom. The first-order valence-corrected chi connectivity index (χ1v) is 9.33. The molecule has 1 heterocycles. The standard InChI is InChI=1S/C22H18ClN3O3/c1-2-16-17(11-24)21(28)26(13-14-6-4-3-5-7-14)22(29)18(16)12-25-19-10-15(23)8-9-20(19)27/h3-10,12,25,27H,2,13H2,1H3. The Morgan fingerprint density at radius 2 is 1.90 bits per heavy atom. The number of halogens is 1. The van der Waals surface area contributed by atoms with Crippen LogP contribution in [0.25, 0.3) is 0 Å². The molecule has 2 aromatic carbocycles. The highest BCUT2D eigenvalue weighted by atomic mass is 35.5. The number of nitrogens with one attached hydrogen (secondary N) is 1. The van der Waals surface area contributed by atoms with Crippen molar-refractivity contribution in [3.05, 3.63) is 82.0 Å². The second-order valence-electron chi connectivity index (χ2n) is 6.36. The quantitative estimate of drug-likeness (QED) is 0.441. The summed E-state index contributed by atoms with van der Waals surface area (Å²) in [7, 11) is 0. The van der Waals surface area contributed by atoms with E-state index in [9.17, 15) is 20.0 Å². The summed E-state index contributed by atoms with van der Waals surface area (Å²) in [4.78, 5) is 26.9. The van der Waals surface area contributed by atoms with E-state index in [-0.39, 0.29) is 23.4 Å². The molecule has 2 N–H and O–H groups in total. The van der Waals surface area contributed by atoms with Gasteiger partial charge in [0.25, 0.3) is 11.8 Å². The lowest BCUT2D eigenvalue weighted by Gasteiger charge is -2.28. The van der Waals surface area contributed by atoms with Crippen molar-refractivity contribution in [3.8, 4) is 11.8 Å². The number of nitriles is 1. The van der Waals surface area contributed by atoms with Gasteiger partial charge >= 0.3 is 0 Å². The second-order valence-corrected chi connectivity index (χ2v) is 6.80. The zero-order chi connectivity index (χ0) is 21.0. The number of nitrogens with zero attached hydrogens (tertiary/aromatic N) is 2. The number of phenolic OH excluding ortho intramolecular Hbond substituents is 1. The predicted molar refractivity (Wildman–Crippen MR) is 110 cm³/mol. The van der Waals surface area contributed by atoms with Crippen molar-refractivity contribution in [2.45, 2.75) is 19.9 Å². The first-order chi connectivity index (χ1) is 14.0. The van der Waals surface area contributed by atoms with Gasteiger partial charge in [-0.3, -0.25) is 14.5 Å². The van der Waals surface area contributed by atoms with E-state index in [1.165, 1.54) is 24.4 Å². The molecule has 0 saturated carbocycles. The monoisotopic (exact) mass is 407 g/mol. The molecule has 0 atom stereocenters. The van der Waals surface area contributed by atoms with Crippen LogP contribution < -0.4 is 5.32 Å². The summed E-state index contributed by atoms with van der Waals surface area (Å²) in [6.45, 7) is 1.82. The Morgan fingerprint density at radius 3 is 2.55 bits per heavy atom. The van der Waals surface area contributed by atoms with Crippen LogP contribution in [0.4, 0.5) is 5.69 Å². The Bertz CT molecular complexity index is 1070. The summed E-state index contributed by atoms with van der Waals surface area (Å²) < 4.78 is 0. The van der Waals surface area contributed by atoms with Gasteiger partial charge in [-0.1, -0.05) is 48.9 Å². The average molecular weight is 408 g/mol. The Labute approximate surface area is 173 Å².